The number of anilines is 2. The maximum atomic E-state index is 11.3. The third-order valence-electron chi connectivity index (χ3n) is 4.24. The molecule has 0 atom stereocenters. The Kier molecular flexibility index (Phi) is 5.01. The van der Waals surface area contributed by atoms with Crippen molar-refractivity contribution in [2.24, 2.45) is 5.41 Å². The van der Waals surface area contributed by atoms with E-state index in [1.54, 1.807) is 18.2 Å². The van der Waals surface area contributed by atoms with Gasteiger partial charge in [-0.15, -0.1) is 0 Å². The largest absolute Gasteiger partial charge is 0.396 e. The van der Waals surface area contributed by atoms with Gasteiger partial charge in [-0.25, -0.2) is 0 Å². The summed E-state index contributed by atoms with van der Waals surface area (Å²) < 4.78 is 0. The molecule has 0 saturated heterocycles. The fourth-order valence-corrected chi connectivity index (χ4v) is 3.01. The summed E-state index contributed by atoms with van der Waals surface area (Å²) in [5.74, 6) is 0. The summed E-state index contributed by atoms with van der Waals surface area (Å²) in [7, 11) is 0. The fourth-order valence-electron chi connectivity index (χ4n) is 3.01. The molecule has 0 radical (unpaired) electrons. The molecule has 1 fully saturated rings. The normalized spacial score (nSPS) is 16.7. The average Bonchev–Trinajstić information content (AvgIpc) is 2.95. The lowest BCUT2D eigenvalue weighted by Crippen LogP contribution is -2.30. The Hall–Kier alpha value is -1.82. The van der Waals surface area contributed by atoms with Crippen molar-refractivity contribution >= 4 is 17.1 Å². The molecule has 0 bridgehead atoms. The van der Waals surface area contributed by atoms with Gasteiger partial charge < -0.3 is 15.7 Å². The Bertz CT molecular complexity index is 499. The molecule has 0 amide bonds. The van der Waals surface area contributed by atoms with E-state index < -0.39 is 0 Å². The quantitative estimate of drug-likeness (QED) is 0.531. The molecule has 6 heteroatoms. The van der Waals surface area contributed by atoms with Crippen molar-refractivity contribution in [3.8, 4) is 0 Å². The van der Waals surface area contributed by atoms with Crippen molar-refractivity contribution in [2.45, 2.75) is 32.6 Å². The average molecular weight is 293 g/mol. The standard InChI is InChI=1S/C15H23N3O3/c1-2-16-12-6-5-7-13(14(12)18(20)21)17-10-15(11-19)8-3-4-9-15/h5-7,16-17,19H,2-4,8-11H2,1H3. The van der Waals surface area contributed by atoms with Gasteiger partial charge in [0.15, 0.2) is 0 Å². The Morgan fingerprint density at radius 1 is 1.29 bits per heavy atom. The lowest BCUT2D eigenvalue weighted by atomic mass is 9.87. The molecule has 3 N–H and O–H groups in total. The Morgan fingerprint density at radius 3 is 2.43 bits per heavy atom. The van der Waals surface area contributed by atoms with Crippen LogP contribution < -0.4 is 10.6 Å². The number of hydrogen-bond donors (Lipinski definition) is 3. The molecule has 1 saturated carbocycles. The van der Waals surface area contributed by atoms with Gasteiger partial charge >= 0.3 is 5.69 Å². The van der Waals surface area contributed by atoms with Gasteiger partial charge in [0.1, 0.15) is 11.4 Å². The molecule has 116 valence electrons. The molecule has 6 nitrogen and oxygen atoms in total. The van der Waals surface area contributed by atoms with Gasteiger partial charge in [0.05, 0.1) is 11.5 Å². The van der Waals surface area contributed by atoms with Crippen LogP contribution in [0, 0.1) is 15.5 Å². The van der Waals surface area contributed by atoms with Gasteiger partial charge in [-0.2, -0.15) is 0 Å². The molecule has 0 spiro atoms. The second-order valence-corrected chi connectivity index (χ2v) is 5.71. The minimum absolute atomic E-state index is 0.0745. The van der Waals surface area contributed by atoms with Crippen molar-refractivity contribution in [2.75, 3.05) is 30.3 Å². The van der Waals surface area contributed by atoms with Gasteiger partial charge in [-0.3, -0.25) is 10.1 Å². The van der Waals surface area contributed by atoms with Crippen LogP contribution >= 0.6 is 0 Å². The highest BCUT2D eigenvalue weighted by molar-refractivity contribution is 5.76. The third kappa shape index (κ3) is 3.44. The predicted molar refractivity (Wildman–Crippen MR) is 83.7 cm³/mol. The van der Waals surface area contributed by atoms with Crippen LogP contribution in [0.15, 0.2) is 18.2 Å². The lowest BCUT2D eigenvalue weighted by Gasteiger charge is -2.27. The molecule has 0 heterocycles. The van der Waals surface area contributed by atoms with Gasteiger partial charge in [-0.1, -0.05) is 18.9 Å². The zero-order chi connectivity index (χ0) is 15.3. The summed E-state index contributed by atoms with van der Waals surface area (Å²) in [4.78, 5) is 11.0. The number of aliphatic hydroxyl groups is 1. The lowest BCUT2D eigenvalue weighted by molar-refractivity contribution is -0.383. The first kappa shape index (κ1) is 15.6. The van der Waals surface area contributed by atoms with Crippen molar-refractivity contribution < 1.29 is 10.0 Å². The summed E-state index contributed by atoms with van der Waals surface area (Å²) in [6.07, 6.45) is 4.16. The molecule has 1 aliphatic carbocycles. The minimum atomic E-state index is -0.361. The van der Waals surface area contributed by atoms with E-state index in [1.165, 1.54) is 0 Å². The maximum absolute atomic E-state index is 11.3. The molecule has 0 unspecified atom stereocenters. The van der Waals surface area contributed by atoms with E-state index in [-0.39, 0.29) is 22.6 Å². The van der Waals surface area contributed by atoms with E-state index in [9.17, 15) is 15.2 Å². The predicted octanol–water partition coefficient (Wildman–Crippen LogP) is 2.99. The number of nitro benzene ring substituents is 1. The third-order valence-corrected chi connectivity index (χ3v) is 4.24. The van der Waals surface area contributed by atoms with E-state index in [0.717, 1.165) is 25.7 Å². The monoisotopic (exact) mass is 293 g/mol. The second kappa shape index (κ2) is 6.76. The number of aliphatic hydroxyl groups excluding tert-OH is 1. The molecule has 1 aromatic rings. The van der Waals surface area contributed by atoms with Gasteiger partial charge in [0, 0.05) is 18.5 Å². The number of rotatable bonds is 7. The first-order valence-corrected chi connectivity index (χ1v) is 7.48. The van der Waals surface area contributed by atoms with Crippen LogP contribution in [0.25, 0.3) is 0 Å². The topological polar surface area (TPSA) is 87.4 Å². The Labute approximate surface area is 124 Å². The highest BCUT2D eigenvalue weighted by Gasteiger charge is 2.33. The molecule has 1 aliphatic rings. The van der Waals surface area contributed by atoms with Crippen LogP contribution in [0.4, 0.5) is 17.1 Å². The minimum Gasteiger partial charge on any atom is -0.396 e. The number of benzene rings is 1. The summed E-state index contributed by atoms with van der Waals surface area (Å²) in [6, 6.07) is 5.23. The molecule has 0 aromatic heterocycles. The Balaban J connectivity index is 2.19. The molecule has 21 heavy (non-hydrogen) atoms. The van der Waals surface area contributed by atoms with E-state index >= 15 is 0 Å². The second-order valence-electron chi connectivity index (χ2n) is 5.71. The maximum Gasteiger partial charge on any atom is 0.315 e. The number of hydrogen-bond acceptors (Lipinski definition) is 5. The number of nitro groups is 1. The number of nitrogens with zero attached hydrogens (tertiary/aromatic N) is 1. The van der Waals surface area contributed by atoms with Gasteiger partial charge in [0.25, 0.3) is 0 Å². The smallest absolute Gasteiger partial charge is 0.315 e. The first-order chi connectivity index (χ1) is 10.1. The highest BCUT2D eigenvalue weighted by Crippen LogP contribution is 2.39. The SMILES string of the molecule is CCNc1cccc(NCC2(CO)CCCC2)c1[N+](=O)[O-]. The highest BCUT2D eigenvalue weighted by atomic mass is 16.6. The zero-order valence-electron chi connectivity index (χ0n) is 12.4. The molecular weight excluding hydrogens is 270 g/mol. The zero-order valence-corrected chi connectivity index (χ0v) is 12.4. The molecule has 2 rings (SSSR count). The van der Waals surface area contributed by atoms with Gasteiger partial charge in [0.2, 0.25) is 0 Å². The number of para-hydroxylation sites is 1. The first-order valence-electron chi connectivity index (χ1n) is 7.48. The van der Waals surface area contributed by atoms with Crippen LogP contribution in [0.2, 0.25) is 0 Å². The van der Waals surface area contributed by atoms with Crippen LogP contribution in [-0.4, -0.2) is 29.7 Å². The van der Waals surface area contributed by atoms with E-state index in [0.29, 0.717) is 24.5 Å². The summed E-state index contributed by atoms with van der Waals surface area (Å²) in [5.41, 5.74) is 0.975. The summed E-state index contributed by atoms with van der Waals surface area (Å²) >= 11 is 0. The van der Waals surface area contributed by atoms with Gasteiger partial charge in [-0.05, 0) is 31.9 Å². The van der Waals surface area contributed by atoms with E-state index in [4.69, 9.17) is 0 Å². The summed E-state index contributed by atoms with van der Waals surface area (Å²) in [5, 5.41) is 27.2. The number of nitrogens with one attached hydrogen (secondary N) is 2. The molecule has 0 aliphatic heterocycles. The van der Waals surface area contributed by atoms with Crippen molar-refractivity contribution in [1.29, 1.82) is 0 Å². The van der Waals surface area contributed by atoms with Crippen LogP contribution in [0.5, 0.6) is 0 Å². The van der Waals surface area contributed by atoms with Crippen molar-refractivity contribution in [1.82, 2.24) is 0 Å². The van der Waals surface area contributed by atoms with Crippen LogP contribution in [0.1, 0.15) is 32.6 Å². The molecular formula is C15H23N3O3. The Morgan fingerprint density at radius 2 is 1.90 bits per heavy atom. The van der Waals surface area contributed by atoms with Crippen molar-refractivity contribution in [3.05, 3.63) is 28.3 Å². The van der Waals surface area contributed by atoms with E-state index in [2.05, 4.69) is 10.6 Å². The van der Waals surface area contributed by atoms with E-state index in [1.807, 2.05) is 6.92 Å². The van der Waals surface area contributed by atoms with Crippen LogP contribution in [-0.2, 0) is 0 Å². The fraction of sp³-hybridized carbons (Fsp3) is 0.600. The van der Waals surface area contributed by atoms with Crippen LogP contribution in [0.3, 0.4) is 0 Å². The summed E-state index contributed by atoms with van der Waals surface area (Å²) in [6.45, 7) is 3.23. The molecule has 1 aromatic carbocycles. The van der Waals surface area contributed by atoms with Crippen molar-refractivity contribution in [3.63, 3.8) is 0 Å².